The summed E-state index contributed by atoms with van der Waals surface area (Å²) >= 11 is 4.80. The average Bonchev–Trinajstić information content (AvgIpc) is 2.57. The molecular weight excluding hydrogens is 275 g/mol. The molecule has 0 aromatic heterocycles. The van der Waals surface area contributed by atoms with E-state index in [1.807, 2.05) is 0 Å². The number of anilines is 1. The van der Waals surface area contributed by atoms with Crippen molar-refractivity contribution < 1.29 is 12.8 Å². The lowest BCUT2D eigenvalue weighted by atomic mass is 10.1. The molecule has 4 nitrogen and oxygen atoms in total. The second-order valence-corrected chi connectivity index (χ2v) is 6.94. The molecule has 0 amide bonds. The molecule has 1 heterocycles. The maximum absolute atomic E-state index is 13.6. The number of benzene rings is 1. The van der Waals surface area contributed by atoms with Crippen molar-refractivity contribution >= 4 is 32.7 Å². The second kappa shape index (κ2) is 4.81. The molecule has 7 heteroatoms. The van der Waals surface area contributed by atoms with Crippen molar-refractivity contribution in [3.63, 3.8) is 0 Å². The molecule has 0 saturated carbocycles. The first kappa shape index (κ1) is 13.2. The zero-order valence-corrected chi connectivity index (χ0v) is 11.2. The topological polar surface area (TPSA) is 72.2 Å². The second-order valence-electron chi connectivity index (χ2n) is 4.27. The van der Waals surface area contributed by atoms with Crippen LogP contribution >= 0.6 is 12.2 Å². The van der Waals surface area contributed by atoms with Crippen LogP contribution in [0.15, 0.2) is 18.2 Å². The molecule has 2 rings (SSSR count). The molecule has 0 spiro atoms. The third-order valence-corrected chi connectivity index (χ3v) is 4.82. The maximum Gasteiger partial charge on any atom is 0.152 e. The Bertz CT molecular complexity index is 587. The van der Waals surface area contributed by atoms with Gasteiger partial charge in [0.25, 0.3) is 0 Å². The predicted molar refractivity (Wildman–Crippen MR) is 73.0 cm³/mol. The maximum atomic E-state index is 13.6. The van der Waals surface area contributed by atoms with Crippen LogP contribution in [0.4, 0.5) is 10.1 Å². The molecule has 98 valence electrons. The minimum atomic E-state index is -2.98. The van der Waals surface area contributed by atoms with E-state index in [-0.39, 0.29) is 28.1 Å². The van der Waals surface area contributed by atoms with E-state index in [1.54, 1.807) is 6.07 Å². The van der Waals surface area contributed by atoms with Crippen LogP contribution in [0, 0.1) is 5.82 Å². The monoisotopic (exact) mass is 288 g/mol. The van der Waals surface area contributed by atoms with Crippen LogP contribution in [0.3, 0.4) is 0 Å². The number of sulfone groups is 1. The first-order valence-electron chi connectivity index (χ1n) is 5.44. The molecule has 1 aromatic carbocycles. The molecule has 1 unspecified atom stereocenters. The van der Waals surface area contributed by atoms with Gasteiger partial charge in [-0.3, -0.25) is 0 Å². The van der Waals surface area contributed by atoms with E-state index in [9.17, 15) is 12.8 Å². The van der Waals surface area contributed by atoms with Crippen molar-refractivity contribution in [3.05, 3.63) is 29.6 Å². The van der Waals surface area contributed by atoms with Crippen LogP contribution in [0.1, 0.15) is 12.0 Å². The van der Waals surface area contributed by atoms with Gasteiger partial charge in [0.05, 0.1) is 17.1 Å². The Morgan fingerprint density at radius 1 is 1.50 bits per heavy atom. The van der Waals surface area contributed by atoms with E-state index >= 15 is 0 Å². The Labute approximate surface area is 110 Å². The largest absolute Gasteiger partial charge is 0.389 e. The Kier molecular flexibility index (Phi) is 3.54. The lowest BCUT2D eigenvalue weighted by Crippen LogP contribution is -2.23. The molecule has 0 aliphatic carbocycles. The summed E-state index contributed by atoms with van der Waals surface area (Å²) in [5, 5.41) is 3.00. The summed E-state index contributed by atoms with van der Waals surface area (Å²) in [7, 11) is -2.98. The number of rotatable bonds is 3. The van der Waals surface area contributed by atoms with Gasteiger partial charge in [0.15, 0.2) is 9.84 Å². The van der Waals surface area contributed by atoms with Crippen molar-refractivity contribution in [2.24, 2.45) is 5.73 Å². The standard InChI is InChI=1S/C11H13FN2O2S2/c12-8-2-1-3-9(10(8)11(13)17)14-7-4-5-18(15,16)6-7/h1-3,7,14H,4-6H2,(H2,13,17). The fraction of sp³-hybridized carbons (Fsp3) is 0.364. The number of hydrogen-bond donors (Lipinski definition) is 2. The average molecular weight is 288 g/mol. The zero-order valence-electron chi connectivity index (χ0n) is 9.52. The molecule has 3 N–H and O–H groups in total. The summed E-state index contributed by atoms with van der Waals surface area (Å²) in [6, 6.07) is 4.22. The first-order valence-corrected chi connectivity index (χ1v) is 7.67. The molecule has 18 heavy (non-hydrogen) atoms. The van der Waals surface area contributed by atoms with Gasteiger partial charge in [-0.25, -0.2) is 12.8 Å². The van der Waals surface area contributed by atoms with Crippen LogP contribution in [0.5, 0.6) is 0 Å². The van der Waals surface area contributed by atoms with Crippen LogP contribution in [-0.4, -0.2) is 31.0 Å². The Balaban J connectivity index is 2.25. The van der Waals surface area contributed by atoms with Gasteiger partial charge >= 0.3 is 0 Å². The van der Waals surface area contributed by atoms with Gasteiger partial charge in [-0.05, 0) is 18.6 Å². The summed E-state index contributed by atoms with van der Waals surface area (Å²) in [5.41, 5.74) is 6.06. The van der Waals surface area contributed by atoms with Crippen LogP contribution in [-0.2, 0) is 9.84 Å². The van der Waals surface area contributed by atoms with E-state index in [4.69, 9.17) is 18.0 Å². The van der Waals surface area contributed by atoms with Crippen LogP contribution in [0.2, 0.25) is 0 Å². The van der Waals surface area contributed by atoms with Gasteiger partial charge in [0.1, 0.15) is 10.8 Å². The SMILES string of the molecule is NC(=S)c1c(F)cccc1NC1CCS(=O)(=O)C1. The molecular formula is C11H13FN2O2S2. The van der Waals surface area contributed by atoms with Gasteiger partial charge in [-0.15, -0.1) is 0 Å². The minimum absolute atomic E-state index is 0.0449. The smallest absolute Gasteiger partial charge is 0.152 e. The number of nitrogens with two attached hydrogens (primary N) is 1. The van der Waals surface area contributed by atoms with E-state index in [1.165, 1.54) is 12.1 Å². The summed E-state index contributed by atoms with van der Waals surface area (Å²) in [4.78, 5) is -0.0449. The molecule has 0 bridgehead atoms. The highest BCUT2D eigenvalue weighted by Crippen LogP contribution is 2.23. The van der Waals surface area contributed by atoms with E-state index in [0.29, 0.717) is 12.1 Å². The fourth-order valence-electron chi connectivity index (χ4n) is 2.02. The summed E-state index contributed by atoms with van der Waals surface area (Å²) in [5.74, 6) is -0.295. The molecule has 1 aliphatic rings. The van der Waals surface area contributed by atoms with E-state index in [2.05, 4.69) is 5.32 Å². The highest BCUT2D eigenvalue weighted by atomic mass is 32.2. The van der Waals surface area contributed by atoms with E-state index < -0.39 is 15.7 Å². The van der Waals surface area contributed by atoms with Crippen molar-refractivity contribution in [3.8, 4) is 0 Å². The molecule has 1 aliphatic heterocycles. The lowest BCUT2D eigenvalue weighted by Gasteiger charge is -2.16. The number of nitrogens with one attached hydrogen (secondary N) is 1. The molecule has 1 aromatic rings. The lowest BCUT2D eigenvalue weighted by molar-refractivity contribution is 0.602. The predicted octanol–water partition coefficient (Wildman–Crippen LogP) is 1.06. The normalized spacial score (nSPS) is 21.7. The summed E-state index contributed by atoms with van der Waals surface area (Å²) in [6.45, 7) is 0. The third-order valence-electron chi connectivity index (χ3n) is 2.85. The van der Waals surface area contributed by atoms with Gasteiger partial charge in [0.2, 0.25) is 0 Å². The summed E-state index contributed by atoms with van der Waals surface area (Å²) < 4.78 is 36.3. The van der Waals surface area contributed by atoms with Gasteiger partial charge in [-0.2, -0.15) is 0 Å². The van der Waals surface area contributed by atoms with Crippen LogP contribution in [0.25, 0.3) is 0 Å². The van der Waals surface area contributed by atoms with E-state index in [0.717, 1.165) is 0 Å². The molecule has 1 atom stereocenters. The Morgan fingerprint density at radius 2 is 2.22 bits per heavy atom. The molecule has 1 fully saturated rings. The highest BCUT2D eigenvalue weighted by Gasteiger charge is 2.28. The summed E-state index contributed by atoms with van der Waals surface area (Å²) in [6.07, 6.45) is 0.510. The van der Waals surface area contributed by atoms with Crippen molar-refractivity contribution in [2.75, 3.05) is 16.8 Å². The number of halogens is 1. The first-order chi connectivity index (χ1) is 8.39. The molecule has 1 saturated heterocycles. The minimum Gasteiger partial charge on any atom is -0.389 e. The molecule has 0 radical (unpaired) electrons. The number of hydrogen-bond acceptors (Lipinski definition) is 4. The Hall–Kier alpha value is -1.21. The quantitative estimate of drug-likeness (QED) is 0.814. The Morgan fingerprint density at radius 3 is 2.78 bits per heavy atom. The zero-order chi connectivity index (χ0) is 13.3. The van der Waals surface area contributed by atoms with Crippen molar-refractivity contribution in [1.82, 2.24) is 0 Å². The van der Waals surface area contributed by atoms with Gasteiger partial charge in [-0.1, -0.05) is 18.3 Å². The van der Waals surface area contributed by atoms with Gasteiger partial charge < -0.3 is 11.1 Å². The highest BCUT2D eigenvalue weighted by molar-refractivity contribution is 7.91. The van der Waals surface area contributed by atoms with Crippen molar-refractivity contribution in [1.29, 1.82) is 0 Å². The van der Waals surface area contributed by atoms with Gasteiger partial charge in [0, 0.05) is 11.7 Å². The number of thiocarbonyl (C=S) groups is 1. The van der Waals surface area contributed by atoms with Crippen LogP contribution < -0.4 is 11.1 Å². The van der Waals surface area contributed by atoms with Crippen molar-refractivity contribution in [2.45, 2.75) is 12.5 Å². The third kappa shape index (κ3) is 2.78. The fourth-order valence-corrected chi connectivity index (χ4v) is 3.90.